The number of nitrogens with zero attached hydrogens (tertiary/aromatic N) is 3. The molecule has 1 N–H and O–H groups in total. The van der Waals surface area contributed by atoms with Crippen molar-refractivity contribution in [1.29, 1.82) is 0 Å². The molecule has 2 aromatic rings. The van der Waals surface area contributed by atoms with Crippen molar-refractivity contribution in [3.05, 3.63) is 29.2 Å². The minimum atomic E-state index is -0.821. The summed E-state index contributed by atoms with van der Waals surface area (Å²) < 4.78 is 7.51. The first-order valence-corrected chi connectivity index (χ1v) is 6.33. The molecule has 0 aromatic carbocycles. The highest BCUT2D eigenvalue weighted by Gasteiger charge is 2.53. The van der Waals surface area contributed by atoms with Crippen LogP contribution >= 0.6 is 0 Å². The maximum Gasteiger partial charge on any atom is 0.311 e. The van der Waals surface area contributed by atoms with E-state index < -0.39 is 17.5 Å². The number of carbonyl (C=O) groups is 1. The fourth-order valence-electron chi connectivity index (χ4n) is 3.23. The van der Waals surface area contributed by atoms with Crippen molar-refractivity contribution in [3.8, 4) is 0 Å². The minimum absolute atomic E-state index is 0.474. The molecule has 1 aliphatic carbocycles. The van der Waals surface area contributed by atoms with Gasteiger partial charge in [0.1, 0.15) is 5.60 Å². The van der Waals surface area contributed by atoms with Gasteiger partial charge in [-0.1, -0.05) is 0 Å². The molecule has 2 aromatic heterocycles. The highest BCUT2D eigenvalue weighted by atomic mass is 16.5. The molecule has 1 saturated heterocycles. The van der Waals surface area contributed by atoms with E-state index in [-0.39, 0.29) is 0 Å². The fraction of sp³-hybridized carbons (Fsp3) is 0.462. The highest BCUT2D eigenvalue weighted by molar-refractivity contribution is 5.78. The zero-order valence-electron chi connectivity index (χ0n) is 10.5. The Morgan fingerprint density at radius 3 is 3.05 bits per heavy atom. The molecule has 2 atom stereocenters. The van der Waals surface area contributed by atoms with E-state index in [1.807, 2.05) is 13.0 Å². The van der Waals surface area contributed by atoms with Crippen molar-refractivity contribution in [2.45, 2.75) is 31.3 Å². The number of hydrogen-bond acceptors (Lipinski definition) is 4. The minimum Gasteiger partial charge on any atom is -0.481 e. The van der Waals surface area contributed by atoms with E-state index in [4.69, 9.17) is 4.74 Å². The molecular formula is C13H13N3O3. The smallest absolute Gasteiger partial charge is 0.311 e. The summed E-state index contributed by atoms with van der Waals surface area (Å²) in [5, 5.41) is 13.8. The molecule has 0 unspecified atom stereocenters. The second-order valence-electron chi connectivity index (χ2n) is 5.31. The first kappa shape index (κ1) is 10.9. The third-order valence-corrected chi connectivity index (χ3v) is 4.16. The molecule has 98 valence electrons. The van der Waals surface area contributed by atoms with E-state index in [1.54, 1.807) is 10.7 Å². The van der Waals surface area contributed by atoms with Gasteiger partial charge in [-0.05, 0) is 13.3 Å². The Morgan fingerprint density at radius 1 is 1.63 bits per heavy atom. The van der Waals surface area contributed by atoms with Gasteiger partial charge in [-0.25, -0.2) is 9.50 Å². The van der Waals surface area contributed by atoms with Crippen LogP contribution in [0, 0.1) is 6.92 Å². The lowest BCUT2D eigenvalue weighted by Crippen LogP contribution is -2.40. The summed E-state index contributed by atoms with van der Waals surface area (Å²) in [5.74, 6) is -1.37. The second kappa shape index (κ2) is 3.33. The van der Waals surface area contributed by atoms with E-state index in [9.17, 15) is 9.90 Å². The Kier molecular flexibility index (Phi) is 1.91. The van der Waals surface area contributed by atoms with Crippen molar-refractivity contribution in [2.75, 3.05) is 6.61 Å². The molecule has 6 nitrogen and oxygen atoms in total. The Balaban J connectivity index is 2.03. The van der Waals surface area contributed by atoms with Crippen molar-refractivity contribution in [1.82, 2.24) is 14.6 Å². The summed E-state index contributed by atoms with van der Waals surface area (Å²) in [6.45, 7) is 2.58. The van der Waals surface area contributed by atoms with E-state index in [0.717, 1.165) is 29.0 Å². The summed E-state index contributed by atoms with van der Waals surface area (Å²) in [6.07, 6.45) is 3.00. The molecule has 1 spiro atoms. The summed E-state index contributed by atoms with van der Waals surface area (Å²) in [7, 11) is 0. The predicted molar refractivity (Wildman–Crippen MR) is 65.0 cm³/mol. The third kappa shape index (κ3) is 1.26. The van der Waals surface area contributed by atoms with Crippen LogP contribution in [-0.2, 0) is 15.1 Å². The van der Waals surface area contributed by atoms with Crippen LogP contribution in [-0.4, -0.2) is 32.3 Å². The first-order valence-electron chi connectivity index (χ1n) is 6.33. The number of carboxylic acids is 1. The molecule has 2 aliphatic rings. The van der Waals surface area contributed by atoms with Crippen LogP contribution in [0.5, 0.6) is 0 Å². The van der Waals surface area contributed by atoms with Crippen molar-refractivity contribution in [2.24, 2.45) is 0 Å². The van der Waals surface area contributed by atoms with Gasteiger partial charge in [0.2, 0.25) is 0 Å². The maximum atomic E-state index is 11.4. The average Bonchev–Trinajstić information content (AvgIpc) is 2.83. The topological polar surface area (TPSA) is 76.7 Å². The van der Waals surface area contributed by atoms with Gasteiger partial charge in [0, 0.05) is 24.2 Å². The lowest BCUT2D eigenvalue weighted by atomic mass is 9.90. The summed E-state index contributed by atoms with van der Waals surface area (Å²) in [5.41, 5.74) is 2.76. The van der Waals surface area contributed by atoms with Crippen LogP contribution in [0.4, 0.5) is 0 Å². The van der Waals surface area contributed by atoms with E-state index in [1.165, 1.54) is 0 Å². The van der Waals surface area contributed by atoms with Crippen LogP contribution in [0.2, 0.25) is 0 Å². The van der Waals surface area contributed by atoms with Gasteiger partial charge in [-0.15, -0.1) is 0 Å². The predicted octanol–water partition coefficient (Wildman–Crippen LogP) is 1.23. The van der Waals surface area contributed by atoms with Gasteiger partial charge < -0.3 is 9.84 Å². The number of aryl methyl sites for hydroxylation is 1. The van der Waals surface area contributed by atoms with Crippen LogP contribution in [0.3, 0.4) is 0 Å². The number of aromatic nitrogens is 3. The second-order valence-corrected chi connectivity index (χ2v) is 5.31. The number of aliphatic carboxylic acids is 1. The monoisotopic (exact) mass is 259 g/mol. The number of carboxylic acid groups (broad SMARTS) is 1. The lowest BCUT2D eigenvalue weighted by Gasteiger charge is -2.39. The van der Waals surface area contributed by atoms with E-state index in [0.29, 0.717) is 13.0 Å². The highest BCUT2D eigenvalue weighted by Crippen LogP contribution is 2.52. The van der Waals surface area contributed by atoms with Gasteiger partial charge in [0.05, 0.1) is 23.9 Å². The summed E-state index contributed by atoms with van der Waals surface area (Å²) >= 11 is 0. The molecule has 3 heterocycles. The van der Waals surface area contributed by atoms with E-state index in [2.05, 4.69) is 10.1 Å². The quantitative estimate of drug-likeness (QED) is 0.833. The molecule has 0 bridgehead atoms. The molecule has 0 saturated carbocycles. The lowest BCUT2D eigenvalue weighted by molar-refractivity contribution is -0.163. The Morgan fingerprint density at radius 2 is 2.42 bits per heavy atom. The molecule has 19 heavy (non-hydrogen) atoms. The molecule has 1 fully saturated rings. The number of fused-ring (bicyclic) bond motifs is 4. The van der Waals surface area contributed by atoms with Gasteiger partial charge >= 0.3 is 5.97 Å². The van der Waals surface area contributed by atoms with Crippen LogP contribution in [0.15, 0.2) is 12.3 Å². The van der Waals surface area contributed by atoms with Crippen molar-refractivity contribution < 1.29 is 14.6 Å². The summed E-state index contributed by atoms with van der Waals surface area (Å²) in [6, 6.07) is 1.89. The third-order valence-electron chi connectivity index (χ3n) is 4.16. The van der Waals surface area contributed by atoms with Crippen molar-refractivity contribution >= 4 is 11.6 Å². The number of ether oxygens (including phenoxy) is 1. The largest absolute Gasteiger partial charge is 0.481 e. The van der Waals surface area contributed by atoms with Crippen molar-refractivity contribution in [3.63, 3.8) is 0 Å². The average molecular weight is 259 g/mol. The van der Waals surface area contributed by atoms with Gasteiger partial charge in [-0.3, -0.25) is 4.79 Å². The van der Waals surface area contributed by atoms with Crippen LogP contribution in [0.1, 0.15) is 35.7 Å². The van der Waals surface area contributed by atoms with Crippen LogP contribution < -0.4 is 0 Å². The standard InChI is InChI=1S/C13H13N3O3/c1-7-4-10-14-6-9-8(12(17)18)5-13(2-3-19-13)11(9)16(10)15-7/h4,6,8H,2-3,5H2,1H3,(H,17,18)/t8-,13-/m0/s1. The Labute approximate surface area is 109 Å². The molecule has 4 rings (SSSR count). The number of hydrogen-bond donors (Lipinski definition) is 1. The number of rotatable bonds is 1. The zero-order chi connectivity index (χ0) is 13.2. The molecule has 1 aliphatic heterocycles. The molecule has 6 heteroatoms. The zero-order valence-corrected chi connectivity index (χ0v) is 10.5. The fourth-order valence-corrected chi connectivity index (χ4v) is 3.23. The van der Waals surface area contributed by atoms with Gasteiger partial charge in [0.25, 0.3) is 0 Å². The molecule has 0 amide bonds. The first-order chi connectivity index (χ1) is 9.11. The van der Waals surface area contributed by atoms with Crippen LogP contribution in [0.25, 0.3) is 5.65 Å². The van der Waals surface area contributed by atoms with Gasteiger partial charge in [-0.2, -0.15) is 5.10 Å². The Bertz CT molecular complexity index is 702. The normalized spacial score (nSPS) is 28.6. The Hall–Kier alpha value is -1.95. The molecular weight excluding hydrogens is 246 g/mol. The summed E-state index contributed by atoms with van der Waals surface area (Å²) in [4.78, 5) is 15.7. The SMILES string of the molecule is Cc1cc2ncc3c(n2n1)[C@]1(CCO1)C[C@@H]3C(=O)O. The molecule has 0 radical (unpaired) electrons. The van der Waals surface area contributed by atoms with Gasteiger partial charge in [0.15, 0.2) is 5.65 Å². The van der Waals surface area contributed by atoms with E-state index >= 15 is 0 Å². The maximum absolute atomic E-state index is 11.4.